The molecule has 110 valence electrons. The first kappa shape index (κ1) is 14.4. The molecule has 0 spiro atoms. The van der Waals surface area contributed by atoms with Gasteiger partial charge in [-0.15, -0.1) is 0 Å². The van der Waals surface area contributed by atoms with E-state index in [1.54, 1.807) is 4.90 Å². The fourth-order valence-corrected chi connectivity index (χ4v) is 1.91. The van der Waals surface area contributed by atoms with Gasteiger partial charge in [0.2, 0.25) is 5.91 Å². The molecule has 1 aliphatic rings. The maximum absolute atomic E-state index is 12.8. The smallest absolute Gasteiger partial charge is 0.354 e. The van der Waals surface area contributed by atoms with E-state index < -0.39 is 11.7 Å². The number of carbonyl (C=O) groups excluding carboxylic acids is 1. The second-order valence-electron chi connectivity index (χ2n) is 4.33. The van der Waals surface area contributed by atoms with Crippen LogP contribution in [0.1, 0.15) is 12.0 Å². The number of halogens is 3. The Morgan fingerprint density at radius 2 is 2.10 bits per heavy atom. The third-order valence-corrected chi connectivity index (χ3v) is 2.92. The van der Waals surface area contributed by atoms with Gasteiger partial charge in [0.05, 0.1) is 5.56 Å². The fraction of sp³-hybridized carbons (Fsp3) is 0.455. The van der Waals surface area contributed by atoms with E-state index in [1.165, 1.54) is 0 Å². The van der Waals surface area contributed by atoms with Gasteiger partial charge in [0.25, 0.3) is 0 Å². The monoisotopic (exact) mass is 289 g/mol. The number of aromatic nitrogens is 1. The van der Waals surface area contributed by atoms with E-state index in [1.807, 2.05) is 0 Å². The van der Waals surface area contributed by atoms with E-state index in [-0.39, 0.29) is 24.0 Å². The molecule has 0 saturated carbocycles. The Hall–Kier alpha value is -2.03. The summed E-state index contributed by atoms with van der Waals surface area (Å²) < 4.78 is 38.4. The largest absolute Gasteiger partial charge is 0.416 e. The van der Waals surface area contributed by atoms with Crippen molar-refractivity contribution >= 4 is 17.5 Å². The molecular weight excluding hydrogens is 275 g/mol. The molecular formula is C11H14F3N5O. The van der Waals surface area contributed by atoms with E-state index >= 15 is 0 Å². The minimum atomic E-state index is -4.48. The summed E-state index contributed by atoms with van der Waals surface area (Å²) in [6.45, 7) is 1.07. The normalized spacial score (nSPS) is 16.6. The van der Waals surface area contributed by atoms with Crippen LogP contribution in [0.15, 0.2) is 12.1 Å². The molecule has 0 atom stereocenters. The Balaban J connectivity index is 2.32. The molecule has 0 bridgehead atoms. The molecule has 2 rings (SSSR count). The third kappa shape index (κ3) is 3.29. The molecule has 1 saturated heterocycles. The van der Waals surface area contributed by atoms with Crippen LogP contribution in [-0.4, -0.2) is 30.5 Å². The molecule has 20 heavy (non-hydrogen) atoms. The highest BCUT2D eigenvalue weighted by molar-refractivity contribution is 5.77. The summed E-state index contributed by atoms with van der Waals surface area (Å²) in [6.07, 6.45) is -4.27. The zero-order valence-electron chi connectivity index (χ0n) is 10.5. The highest BCUT2D eigenvalue weighted by Gasteiger charge is 2.32. The lowest BCUT2D eigenvalue weighted by Gasteiger charge is -2.22. The summed E-state index contributed by atoms with van der Waals surface area (Å²) >= 11 is 0. The van der Waals surface area contributed by atoms with Crippen LogP contribution in [0.5, 0.6) is 0 Å². The van der Waals surface area contributed by atoms with Gasteiger partial charge in [0.15, 0.2) is 0 Å². The highest BCUT2D eigenvalue weighted by Crippen LogP contribution is 2.32. The molecule has 0 aromatic carbocycles. The van der Waals surface area contributed by atoms with Crippen LogP contribution < -0.4 is 21.5 Å². The lowest BCUT2D eigenvalue weighted by Crippen LogP contribution is -2.29. The van der Waals surface area contributed by atoms with Crippen molar-refractivity contribution in [3.8, 4) is 0 Å². The van der Waals surface area contributed by atoms with Crippen LogP contribution in [0.3, 0.4) is 0 Å². The van der Waals surface area contributed by atoms with Gasteiger partial charge in [0.1, 0.15) is 11.6 Å². The van der Waals surface area contributed by atoms with Crippen LogP contribution in [0.2, 0.25) is 0 Å². The van der Waals surface area contributed by atoms with Crippen molar-refractivity contribution in [1.82, 2.24) is 10.3 Å². The molecule has 1 fully saturated rings. The summed E-state index contributed by atoms with van der Waals surface area (Å²) in [5, 5.41) is 2.65. The third-order valence-electron chi connectivity index (χ3n) is 2.92. The van der Waals surface area contributed by atoms with Gasteiger partial charge in [-0.3, -0.25) is 4.79 Å². The fourth-order valence-electron chi connectivity index (χ4n) is 1.91. The Morgan fingerprint density at radius 3 is 2.75 bits per heavy atom. The molecule has 2 heterocycles. The molecule has 1 aromatic heterocycles. The van der Waals surface area contributed by atoms with Gasteiger partial charge in [-0.05, 0) is 12.1 Å². The summed E-state index contributed by atoms with van der Waals surface area (Å²) in [6, 6.07) is 1.79. The van der Waals surface area contributed by atoms with E-state index in [4.69, 9.17) is 5.84 Å². The molecule has 1 amide bonds. The van der Waals surface area contributed by atoms with Crippen molar-refractivity contribution < 1.29 is 18.0 Å². The van der Waals surface area contributed by atoms with Gasteiger partial charge in [-0.25, -0.2) is 10.8 Å². The van der Waals surface area contributed by atoms with Gasteiger partial charge in [0, 0.05) is 26.1 Å². The van der Waals surface area contributed by atoms with Crippen molar-refractivity contribution in [2.24, 2.45) is 5.84 Å². The number of anilines is 2. The number of nitrogen functional groups attached to an aromatic ring is 1. The number of nitrogens with one attached hydrogen (secondary N) is 2. The minimum absolute atomic E-state index is 0.0710. The summed E-state index contributed by atoms with van der Waals surface area (Å²) in [7, 11) is 0. The van der Waals surface area contributed by atoms with Crippen molar-refractivity contribution in [2.75, 3.05) is 30.0 Å². The average molecular weight is 289 g/mol. The molecule has 0 unspecified atom stereocenters. The number of alkyl halides is 3. The molecule has 1 aromatic rings. The first-order chi connectivity index (χ1) is 9.40. The summed E-state index contributed by atoms with van der Waals surface area (Å²) in [5.74, 6) is 5.09. The average Bonchev–Trinajstić information content (AvgIpc) is 2.62. The Kier molecular flexibility index (Phi) is 3.98. The molecule has 1 aliphatic heterocycles. The quantitative estimate of drug-likeness (QED) is 0.552. The van der Waals surface area contributed by atoms with Crippen molar-refractivity contribution in [2.45, 2.75) is 12.6 Å². The zero-order valence-corrected chi connectivity index (χ0v) is 10.5. The number of nitrogens with two attached hydrogens (primary N) is 1. The van der Waals surface area contributed by atoms with Gasteiger partial charge in [-0.2, -0.15) is 13.2 Å². The first-order valence-corrected chi connectivity index (χ1v) is 5.97. The van der Waals surface area contributed by atoms with Gasteiger partial charge < -0.3 is 15.6 Å². The first-order valence-electron chi connectivity index (χ1n) is 5.97. The zero-order chi connectivity index (χ0) is 14.8. The maximum Gasteiger partial charge on any atom is 0.416 e. The summed E-state index contributed by atoms with van der Waals surface area (Å²) in [5.41, 5.74) is 1.29. The topological polar surface area (TPSA) is 83.3 Å². The number of pyridine rings is 1. The second kappa shape index (κ2) is 5.53. The predicted molar refractivity (Wildman–Crippen MR) is 66.9 cm³/mol. The SMILES string of the molecule is NNc1cc(C(F)(F)F)cc(N2CCNC(=O)CC2)n1. The molecule has 0 radical (unpaired) electrons. The van der Waals surface area contributed by atoms with Crippen LogP contribution in [0.4, 0.5) is 24.8 Å². The van der Waals surface area contributed by atoms with Crippen molar-refractivity contribution in [3.63, 3.8) is 0 Å². The lowest BCUT2D eigenvalue weighted by molar-refractivity contribution is -0.137. The van der Waals surface area contributed by atoms with Crippen LogP contribution in [-0.2, 0) is 11.0 Å². The number of rotatable bonds is 2. The Bertz CT molecular complexity index is 505. The van der Waals surface area contributed by atoms with Crippen LogP contribution in [0, 0.1) is 0 Å². The standard InChI is InChI=1S/C11H14F3N5O/c12-11(13,14)7-5-8(18-15)17-9(6-7)19-3-1-10(20)16-2-4-19/h5-6H,1-4,15H2,(H,16,20)(H,17,18). The Morgan fingerprint density at radius 1 is 1.35 bits per heavy atom. The van der Waals surface area contributed by atoms with E-state index in [0.29, 0.717) is 19.6 Å². The van der Waals surface area contributed by atoms with Crippen molar-refractivity contribution in [1.29, 1.82) is 0 Å². The predicted octanol–water partition coefficient (Wildman–Crippen LogP) is 0.712. The molecule has 9 heteroatoms. The number of carbonyl (C=O) groups is 1. The number of hydrogen-bond donors (Lipinski definition) is 3. The maximum atomic E-state index is 12.8. The number of hydrazine groups is 1. The van der Waals surface area contributed by atoms with E-state index in [9.17, 15) is 18.0 Å². The number of hydrogen-bond acceptors (Lipinski definition) is 5. The van der Waals surface area contributed by atoms with Crippen LogP contribution in [0.25, 0.3) is 0 Å². The van der Waals surface area contributed by atoms with Gasteiger partial charge in [-0.1, -0.05) is 0 Å². The van der Waals surface area contributed by atoms with E-state index in [0.717, 1.165) is 12.1 Å². The number of amides is 1. The van der Waals surface area contributed by atoms with Crippen LogP contribution >= 0.6 is 0 Å². The molecule has 6 nitrogen and oxygen atoms in total. The Labute approximate surface area is 113 Å². The highest BCUT2D eigenvalue weighted by atomic mass is 19.4. The lowest BCUT2D eigenvalue weighted by atomic mass is 10.2. The molecule has 0 aliphatic carbocycles. The van der Waals surface area contributed by atoms with Crippen molar-refractivity contribution in [3.05, 3.63) is 17.7 Å². The minimum Gasteiger partial charge on any atom is -0.354 e. The second-order valence-corrected chi connectivity index (χ2v) is 4.33. The van der Waals surface area contributed by atoms with E-state index in [2.05, 4.69) is 15.7 Å². The van der Waals surface area contributed by atoms with Gasteiger partial charge >= 0.3 is 6.18 Å². The molecule has 4 N–H and O–H groups in total. The number of nitrogens with zero attached hydrogens (tertiary/aromatic N) is 2. The summed E-state index contributed by atoms with van der Waals surface area (Å²) in [4.78, 5) is 16.9.